The number of nitro groups is 1. The Balaban J connectivity index is 2.29. The van der Waals surface area contributed by atoms with Gasteiger partial charge >= 0.3 is 6.18 Å². The van der Waals surface area contributed by atoms with Crippen molar-refractivity contribution in [2.75, 3.05) is 5.32 Å². The van der Waals surface area contributed by atoms with Crippen LogP contribution in [-0.4, -0.2) is 4.92 Å². The summed E-state index contributed by atoms with van der Waals surface area (Å²) in [6, 6.07) is 5.76. The molecular weight excluding hydrogens is 277 g/mol. The maximum absolute atomic E-state index is 12.9. The van der Waals surface area contributed by atoms with E-state index in [-0.39, 0.29) is 12.2 Å². The smallest absolute Gasteiger partial charge is 0.418 e. The van der Waals surface area contributed by atoms with Crippen molar-refractivity contribution in [1.29, 1.82) is 0 Å². The van der Waals surface area contributed by atoms with Crippen LogP contribution < -0.4 is 5.32 Å². The largest absolute Gasteiger partial charge is 0.467 e. The number of benzene rings is 1. The number of furan rings is 1. The van der Waals surface area contributed by atoms with Crippen LogP contribution >= 0.6 is 0 Å². The zero-order valence-corrected chi connectivity index (χ0v) is 9.98. The highest BCUT2D eigenvalue weighted by atomic mass is 19.4. The lowest BCUT2D eigenvalue weighted by atomic mass is 10.1. The third-order valence-corrected chi connectivity index (χ3v) is 2.55. The molecule has 0 aliphatic heterocycles. The van der Waals surface area contributed by atoms with Crippen LogP contribution in [0.2, 0.25) is 0 Å². The average molecular weight is 286 g/mol. The van der Waals surface area contributed by atoms with Gasteiger partial charge in [0.1, 0.15) is 5.76 Å². The summed E-state index contributed by atoms with van der Waals surface area (Å²) in [6.07, 6.45) is -3.28. The number of hydrogen-bond acceptors (Lipinski definition) is 4. The van der Waals surface area contributed by atoms with E-state index in [1.54, 1.807) is 12.1 Å². The predicted octanol–water partition coefficient (Wildman–Crippen LogP) is 3.82. The molecule has 0 amide bonds. The minimum atomic E-state index is -4.68. The predicted molar refractivity (Wildman–Crippen MR) is 64.1 cm³/mol. The number of nitrogens with one attached hydrogen (secondary N) is 1. The highest BCUT2D eigenvalue weighted by Crippen LogP contribution is 2.37. The number of alkyl halides is 3. The summed E-state index contributed by atoms with van der Waals surface area (Å²) in [4.78, 5) is 9.67. The van der Waals surface area contributed by atoms with Gasteiger partial charge in [0.2, 0.25) is 0 Å². The van der Waals surface area contributed by atoms with E-state index in [0.29, 0.717) is 11.8 Å². The number of halogens is 3. The lowest BCUT2D eigenvalue weighted by molar-refractivity contribution is -0.385. The van der Waals surface area contributed by atoms with Crippen molar-refractivity contribution < 1.29 is 22.5 Å². The zero-order chi connectivity index (χ0) is 14.8. The van der Waals surface area contributed by atoms with E-state index in [2.05, 4.69) is 5.32 Å². The monoisotopic (exact) mass is 286 g/mol. The van der Waals surface area contributed by atoms with Gasteiger partial charge in [0.15, 0.2) is 0 Å². The highest BCUT2D eigenvalue weighted by molar-refractivity contribution is 5.57. The maximum Gasteiger partial charge on any atom is 0.418 e. The Bertz CT molecular complexity index is 609. The first-order valence-corrected chi connectivity index (χ1v) is 5.50. The molecule has 0 atom stereocenters. The molecule has 0 aliphatic carbocycles. The van der Waals surface area contributed by atoms with Crippen molar-refractivity contribution in [2.45, 2.75) is 12.7 Å². The second kappa shape index (κ2) is 5.24. The second-order valence-corrected chi connectivity index (χ2v) is 3.92. The van der Waals surface area contributed by atoms with Gasteiger partial charge in [0.05, 0.1) is 23.3 Å². The summed E-state index contributed by atoms with van der Waals surface area (Å²) in [7, 11) is 0. The Labute approximate surface area is 111 Å². The van der Waals surface area contributed by atoms with Gasteiger partial charge in [0.25, 0.3) is 5.69 Å². The van der Waals surface area contributed by atoms with Crippen molar-refractivity contribution in [3.8, 4) is 0 Å². The van der Waals surface area contributed by atoms with Crippen molar-refractivity contribution in [3.63, 3.8) is 0 Å². The molecule has 2 rings (SSSR count). The van der Waals surface area contributed by atoms with Crippen LogP contribution in [0.4, 0.5) is 24.5 Å². The molecule has 20 heavy (non-hydrogen) atoms. The van der Waals surface area contributed by atoms with Gasteiger partial charge in [-0.15, -0.1) is 0 Å². The zero-order valence-electron chi connectivity index (χ0n) is 9.98. The van der Waals surface area contributed by atoms with E-state index in [9.17, 15) is 23.3 Å². The van der Waals surface area contributed by atoms with E-state index in [1.165, 1.54) is 6.26 Å². The molecule has 1 heterocycles. The van der Waals surface area contributed by atoms with Gasteiger partial charge in [-0.1, -0.05) is 0 Å². The molecule has 0 spiro atoms. The second-order valence-electron chi connectivity index (χ2n) is 3.92. The van der Waals surface area contributed by atoms with E-state index in [0.717, 1.165) is 12.1 Å². The number of hydrogen-bond donors (Lipinski definition) is 1. The fourth-order valence-electron chi connectivity index (χ4n) is 1.63. The Morgan fingerprint density at radius 1 is 1.30 bits per heavy atom. The Morgan fingerprint density at radius 3 is 2.60 bits per heavy atom. The lowest BCUT2D eigenvalue weighted by Crippen LogP contribution is -2.11. The van der Waals surface area contributed by atoms with Crippen LogP contribution in [0.5, 0.6) is 0 Å². The fourth-order valence-corrected chi connectivity index (χ4v) is 1.63. The Hall–Kier alpha value is -2.51. The first-order chi connectivity index (χ1) is 9.38. The average Bonchev–Trinajstić information content (AvgIpc) is 2.88. The molecule has 0 radical (unpaired) electrons. The molecule has 5 nitrogen and oxygen atoms in total. The normalized spacial score (nSPS) is 11.3. The van der Waals surface area contributed by atoms with Crippen LogP contribution in [0.3, 0.4) is 0 Å². The molecule has 0 saturated carbocycles. The summed E-state index contributed by atoms with van der Waals surface area (Å²) in [5.41, 5.74) is -1.93. The van der Waals surface area contributed by atoms with Gasteiger partial charge in [0, 0.05) is 17.8 Å². The van der Waals surface area contributed by atoms with Crippen molar-refractivity contribution >= 4 is 11.4 Å². The van der Waals surface area contributed by atoms with Crippen molar-refractivity contribution in [2.24, 2.45) is 0 Å². The quantitative estimate of drug-likeness (QED) is 0.685. The van der Waals surface area contributed by atoms with Crippen molar-refractivity contribution in [1.82, 2.24) is 0 Å². The molecule has 106 valence electrons. The fraction of sp³-hybridized carbons (Fsp3) is 0.167. The van der Waals surface area contributed by atoms with Crippen LogP contribution in [0, 0.1) is 10.1 Å². The van der Waals surface area contributed by atoms with Gasteiger partial charge < -0.3 is 9.73 Å². The number of nitro benzene ring substituents is 1. The first-order valence-electron chi connectivity index (χ1n) is 5.50. The molecule has 0 bridgehead atoms. The minimum Gasteiger partial charge on any atom is -0.467 e. The lowest BCUT2D eigenvalue weighted by Gasteiger charge is -2.13. The van der Waals surface area contributed by atoms with Crippen LogP contribution in [0.15, 0.2) is 41.0 Å². The van der Waals surface area contributed by atoms with Crippen LogP contribution in [-0.2, 0) is 12.7 Å². The molecular formula is C12H9F3N2O3. The number of rotatable bonds is 4. The molecule has 8 heteroatoms. The summed E-state index contributed by atoms with van der Waals surface area (Å²) in [5, 5.41) is 13.1. The third kappa shape index (κ3) is 3.08. The van der Waals surface area contributed by atoms with E-state index in [1.807, 2.05) is 0 Å². The molecule has 0 aliphatic rings. The molecule has 1 aromatic carbocycles. The minimum absolute atomic E-state index is 0.0495. The molecule has 1 N–H and O–H groups in total. The molecule has 0 saturated heterocycles. The van der Waals surface area contributed by atoms with Gasteiger partial charge in [-0.2, -0.15) is 13.2 Å². The standard InChI is InChI=1S/C12H9F3N2O3/c13-12(14,15)10-6-8(17(18)19)3-4-11(10)16-7-9-2-1-5-20-9/h1-6,16H,7H2. The van der Waals surface area contributed by atoms with E-state index in [4.69, 9.17) is 4.42 Å². The molecule has 1 aromatic heterocycles. The molecule has 2 aromatic rings. The maximum atomic E-state index is 12.9. The third-order valence-electron chi connectivity index (χ3n) is 2.55. The number of non-ortho nitro benzene ring substituents is 1. The highest BCUT2D eigenvalue weighted by Gasteiger charge is 2.35. The summed E-state index contributed by atoms with van der Waals surface area (Å²) in [5.74, 6) is 0.455. The summed E-state index contributed by atoms with van der Waals surface area (Å²) < 4.78 is 43.6. The van der Waals surface area contributed by atoms with E-state index >= 15 is 0 Å². The Kier molecular flexibility index (Phi) is 3.64. The van der Waals surface area contributed by atoms with Gasteiger partial charge in [-0.05, 0) is 18.2 Å². The SMILES string of the molecule is O=[N+]([O-])c1ccc(NCc2ccco2)c(C(F)(F)F)c1. The van der Waals surface area contributed by atoms with Gasteiger partial charge in [-0.3, -0.25) is 10.1 Å². The summed E-state index contributed by atoms with van der Waals surface area (Å²) >= 11 is 0. The van der Waals surface area contributed by atoms with Crippen LogP contribution in [0.1, 0.15) is 11.3 Å². The molecule has 0 fully saturated rings. The molecule has 0 unspecified atom stereocenters. The Morgan fingerprint density at radius 2 is 2.05 bits per heavy atom. The van der Waals surface area contributed by atoms with E-state index < -0.39 is 22.4 Å². The number of nitrogens with zero attached hydrogens (tertiary/aromatic N) is 1. The number of anilines is 1. The van der Waals surface area contributed by atoms with Gasteiger partial charge in [-0.25, -0.2) is 0 Å². The van der Waals surface area contributed by atoms with Crippen molar-refractivity contribution in [3.05, 3.63) is 58.0 Å². The topological polar surface area (TPSA) is 68.3 Å². The first kappa shape index (κ1) is 13.9. The summed E-state index contributed by atoms with van der Waals surface area (Å²) in [6.45, 7) is 0.0495. The van der Waals surface area contributed by atoms with Crippen LogP contribution in [0.25, 0.3) is 0 Å².